The molecule has 0 saturated carbocycles. The van der Waals surface area contributed by atoms with Crippen molar-refractivity contribution in [3.8, 4) is 0 Å². The molecule has 2 aromatic heterocycles. The molecule has 1 atom stereocenters. The number of aromatic nitrogens is 4. The molecule has 7 heteroatoms. The highest BCUT2D eigenvalue weighted by molar-refractivity contribution is 5.78. The molecule has 0 aromatic carbocycles. The maximum absolute atomic E-state index is 12.6. The summed E-state index contributed by atoms with van der Waals surface area (Å²) in [5.41, 5.74) is 0.860. The van der Waals surface area contributed by atoms with E-state index in [1.54, 1.807) is 18.6 Å². The summed E-state index contributed by atoms with van der Waals surface area (Å²) >= 11 is 0. The van der Waals surface area contributed by atoms with E-state index in [1.165, 1.54) is 0 Å². The average Bonchev–Trinajstić information content (AvgIpc) is 2.61. The van der Waals surface area contributed by atoms with Crippen molar-refractivity contribution >= 4 is 17.5 Å². The Kier molecular flexibility index (Phi) is 5.21. The molecule has 3 rings (SSSR count). The second-order valence-corrected chi connectivity index (χ2v) is 6.67. The van der Waals surface area contributed by atoms with Gasteiger partial charge in [0.2, 0.25) is 5.91 Å². The summed E-state index contributed by atoms with van der Waals surface area (Å²) in [7, 11) is 0. The van der Waals surface area contributed by atoms with Crippen LogP contribution in [0.25, 0.3) is 0 Å². The Bertz CT molecular complexity index is 734. The van der Waals surface area contributed by atoms with E-state index in [-0.39, 0.29) is 17.9 Å². The van der Waals surface area contributed by atoms with Gasteiger partial charge in [-0.05, 0) is 26.2 Å². The van der Waals surface area contributed by atoms with E-state index < -0.39 is 0 Å². The van der Waals surface area contributed by atoms with Crippen LogP contribution in [0.5, 0.6) is 0 Å². The lowest BCUT2D eigenvalue weighted by atomic mass is 9.99. The molecule has 0 aliphatic carbocycles. The van der Waals surface area contributed by atoms with Gasteiger partial charge >= 0.3 is 0 Å². The zero-order valence-corrected chi connectivity index (χ0v) is 14.9. The Morgan fingerprint density at radius 1 is 1.24 bits per heavy atom. The first-order valence-corrected chi connectivity index (χ1v) is 8.73. The van der Waals surface area contributed by atoms with Crippen molar-refractivity contribution < 1.29 is 4.79 Å². The normalized spacial score (nSPS) is 17.6. The predicted octanol–water partition coefficient (Wildman–Crippen LogP) is 3.03. The standard InChI is InChI=1S/C18H24N6O/c1-12(2)18(25)24-9-5-4-6-14(24)17-21-13(3)10-15(23-17)22-16-11-19-7-8-20-16/h7-8,10-12,14H,4-6,9H2,1-3H3,(H,20,21,22,23). The Balaban J connectivity index is 1.88. The molecule has 3 heterocycles. The zero-order chi connectivity index (χ0) is 17.8. The molecular formula is C18H24N6O. The number of nitrogens with zero attached hydrogens (tertiary/aromatic N) is 5. The van der Waals surface area contributed by atoms with Gasteiger partial charge in [0, 0.05) is 36.6 Å². The van der Waals surface area contributed by atoms with E-state index in [0.29, 0.717) is 17.5 Å². The number of piperidine rings is 1. The average molecular weight is 340 g/mol. The molecule has 1 aliphatic heterocycles. The first-order chi connectivity index (χ1) is 12.0. The third-order valence-corrected chi connectivity index (χ3v) is 4.27. The van der Waals surface area contributed by atoms with Crippen molar-refractivity contribution in [1.29, 1.82) is 0 Å². The minimum atomic E-state index is -0.0639. The number of rotatable bonds is 4. The minimum absolute atomic E-state index is 0.0254. The number of likely N-dealkylation sites (tertiary alicyclic amines) is 1. The molecule has 1 aliphatic rings. The number of hydrogen-bond acceptors (Lipinski definition) is 6. The molecule has 0 radical (unpaired) electrons. The van der Waals surface area contributed by atoms with Crippen molar-refractivity contribution in [2.24, 2.45) is 5.92 Å². The van der Waals surface area contributed by atoms with Gasteiger partial charge in [-0.1, -0.05) is 13.8 Å². The van der Waals surface area contributed by atoms with E-state index >= 15 is 0 Å². The molecule has 1 N–H and O–H groups in total. The molecule has 0 spiro atoms. The van der Waals surface area contributed by atoms with Crippen LogP contribution in [0.4, 0.5) is 11.6 Å². The lowest BCUT2D eigenvalue weighted by Gasteiger charge is -2.36. The molecule has 1 amide bonds. The Hall–Kier alpha value is -2.57. The van der Waals surface area contributed by atoms with Crippen LogP contribution >= 0.6 is 0 Å². The number of amides is 1. The van der Waals surface area contributed by atoms with E-state index in [0.717, 1.165) is 31.5 Å². The smallest absolute Gasteiger partial charge is 0.225 e. The molecule has 0 bridgehead atoms. The van der Waals surface area contributed by atoms with E-state index in [2.05, 4.69) is 25.3 Å². The summed E-state index contributed by atoms with van der Waals surface area (Å²) in [6.07, 6.45) is 7.90. The van der Waals surface area contributed by atoms with Gasteiger partial charge in [0.1, 0.15) is 11.6 Å². The van der Waals surface area contributed by atoms with Crippen molar-refractivity contribution in [1.82, 2.24) is 24.8 Å². The van der Waals surface area contributed by atoms with Crippen LogP contribution < -0.4 is 5.32 Å². The molecule has 1 fully saturated rings. The molecule has 1 saturated heterocycles. The minimum Gasteiger partial charge on any atom is -0.332 e. The van der Waals surface area contributed by atoms with Gasteiger partial charge in [-0.2, -0.15) is 0 Å². The Morgan fingerprint density at radius 2 is 2.08 bits per heavy atom. The number of nitrogens with one attached hydrogen (secondary N) is 1. The number of carbonyl (C=O) groups excluding carboxylic acids is 1. The van der Waals surface area contributed by atoms with Gasteiger partial charge in [-0.3, -0.25) is 9.78 Å². The number of hydrogen-bond donors (Lipinski definition) is 1. The van der Waals surface area contributed by atoms with E-state index in [1.807, 2.05) is 31.7 Å². The SMILES string of the molecule is Cc1cc(Nc2cnccn2)nc(C2CCCCN2C(=O)C(C)C)n1. The summed E-state index contributed by atoms with van der Waals surface area (Å²) in [6, 6.07) is 1.81. The lowest BCUT2D eigenvalue weighted by Crippen LogP contribution is -2.41. The van der Waals surface area contributed by atoms with E-state index in [4.69, 9.17) is 0 Å². The quantitative estimate of drug-likeness (QED) is 0.921. The highest BCUT2D eigenvalue weighted by Crippen LogP contribution is 2.31. The molecule has 1 unspecified atom stereocenters. The Morgan fingerprint density at radius 3 is 2.80 bits per heavy atom. The third kappa shape index (κ3) is 4.10. The summed E-state index contributed by atoms with van der Waals surface area (Å²) in [6.45, 7) is 6.58. The fourth-order valence-electron chi connectivity index (χ4n) is 3.09. The largest absolute Gasteiger partial charge is 0.332 e. The summed E-state index contributed by atoms with van der Waals surface area (Å²) < 4.78 is 0. The van der Waals surface area contributed by atoms with Crippen molar-refractivity contribution in [3.63, 3.8) is 0 Å². The summed E-state index contributed by atoms with van der Waals surface area (Å²) in [5, 5.41) is 3.16. The van der Waals surface area contributed by atoms with Crippen LogP contribution in [0.15, 0.2) is 24.7 Å². The highest BCUT2D eigenvalue weighted by atomic mass is 16.2. The van der Waals surface area contributed by atoms with Gasteiger partial charge in [0.25, 0.3) is 0 Å². The number of aryl methyl sites for hydroxylation is 1. The topological polar surface area (TPSA) is 83.9 Å². The van der Waals surface area contributed by atoms with Crippen LogP contribution in [0.2, 0.25) is 0 Å². The van der Waals surface area contributed by atoms with Crippen molar-refractivity contribution in [3.05, 3.63) is 36.2 Å². The monoisotopic (exact) mass is 340 g/mol. The second-order valence-electron chi connectivity index (χ2n) is 6.67. The molecule has 2 aromatic rings. The van der Waals surface area contributed by atoms with Gasteiger partial charge in [0.15, 0.2) is 5.82 Å². The fraction of sp³-hybridized carbons (Fsp3) is 0.500. The molecule has 7 nitrogen and oxygen atoms in total. The van der Waals surface area contributed by atoms with Gasteiger partial charge in [-0.15, -0.1) is 0 Å². The number of carbonyl (C=O) groups is 1. The zero-order valence-electron chi connectivity index (χ0n) is 14.9. The van der Waals surface area contributed by atoms with Gasteiger partial charge in [0.05, 0.1) is 12.2 Å². The maximum Gasteiger partial charge on any atom is 0.225 e. The van der Waals surface area contributed by atoms with Crippen molar-refractivity contribution in [2.75, 3.05) is 11.9 Å². The summed E-state index contributed by atoms with van der Waals surface area (Å²) in [5.74, 6) is 2.14. The predicted molar refractivity (Wildman–Crippen MR) is 95.2 cm³/mol. The lowest BCUT2D eigenvalue weighted by molar-refractivity contribution is -0.138. The van der Waals surface area contributed by atoms with Crippen molar-refractivity contribution in [2.45, 2.75) is 46.1 Å². The van der Waals surface area contributed by atoms with Gasteiger partial charge in [-0.25, -0.2) is 15.0 Å². The van der Waals surface area contributed by atoms with Crippen LogP contribution in [-0.4, -0.2) is 37.3 Å². The molecular weight excluding hydrogens is 316 g/mol. The Labute approximate surface area is 147 Å². The third-order valence-electron chi connectivity index (χ3n) is 4.27. The fourth-order valence-corrected chi connectivity index (χ4v) is 3.09. The second kappa shape index (κ2) is 7.55. The maximum atomic E-state index is 12.6. The molecule has 132 valence electrons. The first-order valence-electron chi connectivity index (χ1n) is 8.73. The van der Waals surface area contributed by atoms with E-state index in [9.17, 15) is 4.79 Å². The summed E-state index contributed by atoms with van der Waals surface area (Å²) in [4.78, 5) is 32.1. The van der Waals surface area contributed by atoms with Crippen LogP contribution in [-0.2, 0) is 4.79 Å². The highest BCUT2D eigenvalue weighted by Gasteiger charge is 2.31. The van der Waals surface area contributed by atoms with Gasteiger partial charge < -0.3 is 10.2 Å². The van der Waals surface area contributed by atoms with Crippen LogP contribution in [0.3, 0.4) is 0 Å². The first kappa shape index (κ1) is 17.3. The van der Waals surface area contributed by atoms with Crippen LogP contribution in [0, 0.1) is 12.8 Å². The molecule has 25 heavy (non-hydrogen) atoms. The number of anilines is 2. The van der Waals surface area contributed by atoms with Crippen LogP contribution in [0.1, 0.15) is 50.7 Å².